The zero-order chi connectivity index (χ0) is 20.2. The summed E-state index contributed by atoms with van der Waals surface area (Å²) in [6, 6.07) is 17.4. The highest BCUT2D eigenvalue weighted by atomic mass is 32.2. The molecule has 0 unspecified atom stereocenters. The molecule has 1 aliphatic heterocycles. The number of benzene rings is 2. The van der Waals surface area contributed by atoms with E-state index in [-0.39, 0.29) is 30.5 Å². The molecule has 2 aromatic carbocycles. The molecule has 1 N–H and O–H groups in total. The number of carbonyl (C=O) groups is 2. The van der Waals surface area contributed by atoms with Gasteiger partial charge in [-0.3, -0.25) is 19.3 Å². The molecule has 7 nitrogen and oxygen atoms in total. The Bertz CT molecular complexity index is 1080. The number of rotatable bonds is 7. The van der Waals surface area contributed by atoms with Gasteiger partial charge in [-0.25, -0.2) is 4.98 Å². The van der Waals surface area contributed by atoms with Crippen molar-refractivity contribution in [2.24, 2.45) is 0 Å². The Hall–Kier alpha value is -3.39. The Morgan fingerprint density at radius 3 is 2.28 bits per heavy atom. The number of para-hydroxylation sites is 1. The molecule has 0 fully saturated rings. The number of ether oxygens (including phenoxy) is 1. The van der Waals surface area contributed by atoms with Gasteiger partial charge in [0.05, 0.1) is 16.8 Å². The minimum Gasteiger partial charge on any atom is -0.487 e. The van der Waals surface area contributed by atoms with Crippen molar-refractivity contribution in [3.8, 4) is 5.75 Å². The van der Waals surface area contributed by atoms with Crippen LogP contribution in [0, 0.1) is 0 Å². The molecule has 2 amide bonds. The van der Waals surface area contributed by atoms with E-state index in [2.05, 4.69) is 9.97 Å². The minimum absolute atomic E-state index is 0.167. The number of amides is 2. The average Bonchev–Trinajstić information content (AvgIpc) is 2.98. The summed E-state index contributed by atoms with van der Waals surface area (Å²) in [5.41, 5.74) is 1.07. The molecule has 2 heterocycles. The lowest BCUT2D eigenvalue weighted by Gasteiger charge is -2.13. The highest BCUT2D eigenvalue weighted by Gasteiger charge is 2.34. The van der Waals surface area contributed by atoms with Gasteiger partial charge in [0.1, 0.15) is 12.4 Å². The van der Waals surface area contributed by atoms with Gasteiger partial charge in [0, 0.05) is 18.4 Å². The summed E-state index contributed by atoms with van der Waals surface area (Å²) in [5, 5.41) is 0.417. The van der Waals surface area contributed by atoms with Crippen molar-refractivity contribution in [3.05, 3.63) is 87.8 Å². The highest BCUT2D eigenvalue weighted by Crippen LogP contribution is 2.23. The third-order valence-electron chi connectivity index (χ3n) is 4.33. The van der Waals surface area contributed by atoms with Crippen molar-refractivity contribution in [1.82, 2.24) is 14.9 Å². The van der Waals surface area contributed by atoms with Gasteiger partial charge in [0.25, 0.3) is 17.4 Å². The van der Waals surface area contributed by atoms with Crippen molar-refractivity contribution in [3.63, 3.8) is 0 Å². The first-order valence-corrected chi connectivity index (χ1v) is 9.96. The Morgan fingerprint density at radius 2 is 1.59 bits per heavy atom. The van der Waals surface area contributed by atoms with Gasteiger partial charge >= 0.3 is 0 Å². The number of hydrogen-bond acceptors (Lipinski definition) is 6. The van der Waals surface area contributed by atoms with Crippen LogP contribution in [0.25, 0.3) is 0 Å². The second kappa shape index (κ2) is 8.32. The zero-order valence-corrected chi connectivity index (χ0v) is 16.1. The second-order valence-corrected chi connectivity index (χ2v) is 7.38. The Labute approximate surface area is 170 Å². The molecule has 0 bridgehead atoms. The SMILES string of the molecule is O=C1c2ccccc2C(=O)N1CCSc1nc(COc2ccccc2)cc(=O)[nH]1. The number of aromatic amines is 1. The third-order valence-corrected chi connectivity index (χ3v) is 5.19. The Morgan fingerprint density at radius 1 is 0.931 bits per heavy atom. The van der Waals surface area contributed by atoms with Crippen molar-refractivity contribution in [2.45, 2.75) is 11.8 Å². The average molecular weight is 407 g/mol. The summed E-state index contributed by atoms with van der Waals surface area (Å²) in [6.07, 6.45) is 0. The van der Waals surface area contributed by atoms with Crippen LogP contribution in [0.5, 0.6) is 5.75 Å². The molecule has 0 saturated heterocycles. The molecule has 1 aliphatic rings. The molecule has 0 atom stereocenters. The number of nitrogens with zero attached hydrogens (tertiary/aromatic N) is 2. The first-order valence-electron chi connectivity index (χ1n) is 8.98. The fourth-order valence-corrected chi connectivity index (χ4v) is 3.80. The van der Waals surface area contributed by atoms with Crippen LogP contribution >= 0.6 is 11.8 Å². The number of H-pyrrole nitrogens is 1. The van der Waals surface area contributed by atoms with E-state index in [0.717, 1.165) is 0 Å². The van der Waals surface area contributed by atoms with Gasteiger partial charge in [0.15, 0.2) is 5.16 Å². The monoisotopic (exact) mass is 407 g/mol. The molecular formula is C21H17N3O4S. The van der Waals surface area contributed by atoms with E-state index >= 15 is 0 Å². The molecule has 8 heteroatoms. The molecule has 0 radical (unpaired) electrons. The predicted octanol–water partition coefficient (Wildman–Crippen LogP) is 2.74. The molecule has 3 aromatic rings. The Balaban J connectivity index is 1.37. The maximum atomic E-state index is 12.4. The predicted molar refractivity (Wildman–Crippen MR) is 108 cm³/mol. The van der Waals surface area contributed by atoms with E-state index in [9.17, 15) is 14.4 Å². The van der Waals surface area contributed by atoms with Gasteiger partial charge < -0.3 is 9.72 Å². The van der Waals surface area contributed by atoms with E-state index in [0.29, 0.717) is 33.5 Å². The quantitative estimate of drug-likeness (QED) is 0.368. The van der Waals surface area contributed by atoms with Gasteiger partial charge in [-0.15, -0.1) is 0 Å². The van der Waals surface area contributed by atoms with E-state index < -0.39 is 0 Å². The first-order chi connectivity index (χ1) is 14.1. The highest BCUT2D eigenvalue weighted by molar-refractivity contribution is 7.99. The van der Waals surface area contributed by atoms with E-state index in [4.69, 9.17) is 4.74 Å². The van der Waals surface area contributed by atoms with Crippen LogP contribution in [-0.2, 0) is 6.61 Å². The van der Waals surface area contributed by atoms with Gasteiger partial charge in [-0.05, 0) is 24.3 Å². The first kappa shape index (κ1) is 18.9. The molecule has 4 rings (SSSR count). The van der Waals surface area contributed by atoms with Crippen LogP contribution in [0.15, 0.2) is 70.6 Å². The van der Waals surface area contributed by atoms with Gasteiger partial charge in [0.2, 0.25) is 0 Å². The van der Waals surface area contributed by atoms with Crippen LogP contribution in [0.1, 0.15) is 26.4 Å². The number of fused-ring (bicyclic) bond motifs is 1. The largest absolute Gasteiger partial charge is 0.487 e. The van der Waals surface area contributed by atoms with Crippen molar-refractivity contribution in [1.29, 1.82) is 0 Å². The van der Waals surface area contributed by atoms with Crippen LogP contribution in [0.2, 0.25) is 0 Å². The standard InChI is InChI=1S/C21H17N3O4S/c25-18-12-14(13-28-15-6-2-1-3-7-15)22-21(23-18)29-11-10-24-19(26)16-8-4-5-9-17(16)20(24)27/h1-9,12H,10-11,13H2,(H,22,23,25). The molecular weight excluding hydrogens is 390 g/mol. The lowest BCUT2D eigenvalue weighted by Crippen LogP contribution is -2.31. The lowest BCUT2D eigenvalue weighted by atomic mass is 10.1. The molecule has 29 heavy (non-hydrogen) atoms. The summed E-state index contributed by atoms with van der Waals surface area (Å²) in [6.45, 7) is 0.394. The number of aromatic nitrogens is 2. The van der Waals surface area contributed by atoms with Gasteiger partial charge in [-0.1, -0.05) is 42.1 Å². The fourth-order valence-electron chi connectivity index (χ4n) is 2.98. The van der Waals surface area contributed by atoms with Crippen LogP contribution in [0.4, 0.5) is 0 Å². The van der Waals surface area contributed by atoms with Crippen molar-refractivity contribution < 1.29 is 14.3 Å². The summed E-state index contributed by atoms with van der Waals surface area (Å²) >= 11 is 1.27. The molecule has 0 spiro atoms. The summed E-state index contributed by atoms with van der Waals surface area (Å²) in [5.74, 6) is 0.516. The summed E-state index contributed by atoms with van der Waals surface area (Å²) in [4.78, 5) is 44.9. The van der Waals surface area contributed by atoms with Crippen molar-refractivity contribution >= 4 is 23.6 Å². The van der Waals surface area contributed by atoms with Crippen LogP contribution in [0.3, 0.4) is 0 Å². The number of hydrogen-bond donors (Lipinski definition) is 1. The van der Waals surface area contributed by atoms with E-state index in [1.807, 2.05) is 30.3 Å². The van der Waals surface area contributed by atoms with Gasteiger partial charge in [-0.2, -0.15) is 0 Å². The van der Waals surface area contributed by atoms with Crippen molar-refractivity contribution in [2.75, 3.05) is 12.3 Å². The number of imide groups is 1. The zero-order valence-electron chi connectivity index (χ0n) is 15.3. The maximum Gasteiger partial charge on any atom is 0.261 e. The van der Waals surface area contributed by atoms with Crippen LogP contribution in [-0.4, -0.2) is 39.0 Å². The Kier molecular flexibility index (Phi) is 5.44. The third kappa shape index (κ3) is 4.22. The molecule has 1 aromatic heterocycles. The molecule has 0 saturated carbocycles. The number of thioether (sulfide) groups is 1. The topological polar surface area (TPSA) is 92.4 Å². The molecule has 0 aliphatic carbocycles. The maximum absolute atomic E-state index is 12.4. The number of nitrogens with one attached hydrogen (secondary N) is 1. The second-order valence-electron chi connectivity index (χ2n) is 6.30. The van der Waals surface area contributed by atoms with E-state index in [1.165, 1.54) is 22.7 Å². The molecule has 146 valence electrons. The van der Waals surface area contributed by atoms with E-state index in [1.54, 1.807) is 24.3 Å². The number of carbonyl (C=O) groups excluding carboxylic acids is 2. The fraction of sp³-hybridized carbons (Fsp3) is 0.143. The normalized spacial score (nSPS) is 12.9. The van der Waals surface area contributed by atoms with Crippen LogP contribution < -0.4 is 10.3 Å². The minimum atomic E-state index is -0.294. The smallest absolute Gasteiger partial charge is 0.261 e. The summed E-state index contributed by atoms with van der Waals surface area (Å²) in [7, 11) is 0. The lowest BCUT2D eigenvalue weighted by molar-refractivity contribution is 0.0664. The summed E-state index contributed by atoms with van der Waals surface area (Å²) < 4.78 is 5.63.